The second-order valence-corrected chi connectivity index (χ2v) is 29.9. The van der Waals surface area contributed by atoms with Crippen LogP contribution in [0.5, 0.6) is 0 Å². The van der Waals surface area contributed by atoms with E-state index in [1.54, 1.807) is 0 Å². The van der Waals surface area contributed by atoms with Crippen LogP contribution >= 0.6 is 31.9 Å². The number of rotatable bonds is 23. The summed E-state index contributed by atoms with van der Waals surface area (Å²) in [5.74, 6) is 2.33. The van der Waals surface area contributed by atoms with Crippen LogP contribution in [0.1, 0.15) is 110 Å². The molecule has 3 heterocycles. The van der Waals surface area contributed by atoms with Crippen molar-refractivity contribution in [3.63, 3.8) is 0 Å². The third-order valence-electron chi connectivity index (χ3n) is 20.6. The number of hydrogen-bond acceptors (Lipinski definition) is 12. The Bertz CT molecular complexity index is 5090. The van der Waals surface area contributed by atoms with Crippen molar-refractivity contribution in [2.24, 2.45) is 0 Å². The van der Waals surface area contributed by atoms with Crippen molar-refractivity contribution in [2.45, 2.75) is 82.5 Å². The van der Waals surface area contributed by atoms with Gasteiger partial charge in [0.15, 0.2) is 0 Å². The number of halogens is 3. The molecular weight excluding hydrogens is 1450 g/mol. The Morgan fingerprint density at radius 1 is 0.383 bits per heavy atom. The number of nitrogens with zero attached hydrogens (tertiary/aromatic N) is 8. The standard InChI is InChI=1S/C35H33BrN4.C31H33BrN4.C26H22FN3O/c1-40(21-19-25-7-3-2-4-8-25)22-20-26-11-17-30(18-12-26)38-35-37-24-28-23-33(27-13-15-29(36)16-14-27)31-9-5-6-10-32(31)34(28)39-35;1-3-4-18-36(2)19-17-22-9-15-26(16-10-22)34-31-33-21-24-20-29(23-11-13-25(32)14-12-23)27-7-5-6-8-28(27)30(24)35-31;27-20-9-7-18(8-10-20)24-15-19-16-28-26(29-21-11-5-17(6-12-21)13-14-31)30-25(19)23-4-2-1-3-22(23)24/h2-18,24,33H,19-23H2,1H3,(H,37,38,39);5-16,21,29H,3-4,17-20H2,1-2H3,(H,33,34,35);1-12,16,24,31H,13-15H2,(H,28,29,30)/t33-;29-;24-/m000/s1. The van der Waals surface area contributed by atoms with E-state index in [1.807, 2.05) is 67.1 Å². The molecule has 3 aliphatic rings. The fourth-order valence-corrected chi connectivity index (χ4v) is 15.1. The summed E-state index contributed by atoms with van der Waals surface area (Å²) in [6, 6.07) is 85.5. The van der Waals surface area contributed by atoms with Gasteiger partial charge in [-0.05, 0) is 217 Å². The van der Waals surface area contributed by atoms with Crippen molar-refractivity contribution in [2.75, 3.05) is 62.8 Å². The van der Waals surface area contributed by atoms with Crippen LogP contribution in [0.4, 0.5) is 39.3 Å². The van der Waals surface area contributed by atoms with Crippen LogP contribution in [0.25, 0.3) is 33.8 Å². The van der Waals surface area contributed by atoms with Crippen molar-refractivity contribution >= 4 is 66.8 Å². The maximum absolute atomic E-state index is 13.4. The molecule has 10 aromatic carbocycles. The van der Waals surface area contributed by atoms with Crippen molar-refractivity contribution in [3.05, 3.63) is 354 Å². The van der Waals surface area contributed by atoms with Crippen LogP contribution in [-0.2, 0) is 44.9 Å². The predicted molar refractivity (Wildman–Crippen MR) is 441 cm³/mol. The monoisotopic (exact) mass is 1540 g/mol. The molecule has 107 heavy (non-hydrogen) atoms. The van der Waals surface area contributed by atoms with E-state index < -0.39 is 0 Å². The first kappa shape index (κ1) is 73.5. The molecule has 3 aliphatic carbocycles. The second kappa shape index (κ2) is 35.3. The van der Waals surface area contributed by atoms with E-state index in [0.717, 1.165) is 124 Å². The molecular formula is C92H88Br2FN11O. The fourth-order valence-electron chi connectivity index (χ4n) is 14.6. The average molecular weight is 1540 g/mol. The SMILES string of the molecule is CCCCN(C)CCc1ccc(Nc2ncc3c(n2)-c2ccccc2[C@H](c2ccc(Br)cc2)C3)cc1.CN(CCc1ccccc1)CCc1ccc(Nc2ncc3c(n2)-c2ccccc2[C@H](c2ccc(Br)cc2)C3)cc1.OCCc1ccc(Nc2ncc3c(n2)-c2ccccc2[C@H](c2ccc(F)cc2)C3)cc1. The van der Waals surface area contributed by atoms with Gasteiger partial charge in [-0.2, -0.15) is 0 Å². The molecule has 0 bridgehead atoms. The van der Waals surface area contributed by atoms with Crippen molar-refractivity contribution in [3.8, 4) is 33.8 Å². The molecule has 0 amide bonds. The quantitative estimate of drug-likeness (QED) is 0.0485. The molecule has 0 saturated heterocycles. The number of aliphatic hydroxyl groups excluding tert-OH is 1. The van der Waals surface area contributed by atoms with Crippen molar-refractivity contribution in [1.29, 1.82) is 0 Å². The number of anilines is 6. The summed E-state index contributed by atoms with van der Waals surface area (Å²) < 4.78 is 15.6. The average Bonchev–Trinajstić information content (AvgIpc) is 0.772. The van der Waals surface area contributed by atoms with Gasteiger partial charge in [-0.15, -0.1) is 0 Å². The van der Waals surface area contributed by atoms with E-state index in [-0.39, 0.29) is 18.3 Å². The first-order valence-electron chi connectivity index (χ1n) is 37.2. The maximum Gasteiger partial charge on any atom is 0.227 e. The molecule has 12 nitrogen and oxygen atoms in total. The summed E-state index contributed by atoms with van der Waals surface area (Å²) in [5.41, 5.74) is 25.5. The highest BCUT2D eigenvalue weighted by Crippen LogP contribution is 2.46. The molecule has 0 radical (unpaired) electrons. The number of hydrogen-bond donors (Lipinski definition) is 4. The number of unbranched alkanes of at least 4 members (excludes halogenated alkanes) is 1. The van der Waals surface area contributed by atoms with Gasteiger partial charge in [0, 0.05) is 105 Å². The summed E-state index contributed by atoms with van der Waals surface area (Å²) >= 11 is 7.12. The first-order chi connectivity index (χ1) is 52.4. The fraction of sp³-hybridized carbons (Fsp3) is 0.217. The van der Waals surface area contributed by atoms with E-state index in [9.17, 15) is 4.39 Å². The van der Waals surface area contributed by atoms with Crippen LogP contribution in [0, 0.1) is 5.82 Å². The lowest BCUT2D eigenvalue weighted by molar-refractivity contribution is 0.299. The molecule has 3 atom stereocenters. The minimum absolute atomic E-state index is 0.138. The minimum Gasteiger partial charge on any atom is -0.396 e. The van der Waals surface area contributed by atoms with E-state index in [0.29, 0.717) is 36.1 Å². The van der Waals surface area contributed by atoms with Gasteiger partial charge in [0.2, 0.25) is 17.8 Å². The molecule has 0 fully saturated rings. The van der Waals surface area contributed by atoms with Gasteiger partial charge < -0.3 is 30.9 Å². The lowest BCUT2D eigenvalue weighted by Crippen LogP contribution is -2.23. The van der Waals surface area contributed by atoms with Gasteiger partial charge in [0.25, 0.3) is 0 Å². The third-order valence-corrected chi connectivity index (χ3v) is 21.6. The molecule has 4 N–H and O–H groups in total. The topological polar surface area (TPSA) is 140 Å². The largest absolute Gasteiger partial charge is 0.396 e. The van der Waals surface area contributed by atoms with Gasteiger partial charge in [-0.25, -0.2) is 34.3 Å². The molecule has 3 aromatic heterocycles. The van der Waals surface area contributed by atoms with Crippen LogP contribution in [0.2, 0.25) is 0 Å². The highest BCUT2D eigenvalue weighted by Gasteiger charge is 2.31. The minimum atomic E-state index is -0.225. The van der Waals surface area contributed by atoms with Crippen LogP contribution in [0.3, 0.4) is 0 Å². The van der Waals surface area contributed by atoms with Crippen molar-refractivity contribution in [1.82, 2.24) is 39.7 Å². The Balaban J connectivity index is 0.000000136. The van der Waals surface area contributed by atoms with Crippen LogP contribution in [0.15, 0.2) is 276 Å². The van der Waals surface area contributed by atoms with Crippen LogP contribution < -0.4 is 16.0 Å². The van der Waals surface area contributed by atoms with Gasteiger partial charge >= 0.3 is 0 Å². The maximum atomic E-state index is 13.4. The van der Waals surface area contributed by atoms with Crippen LogP contribution in [-0.4, -0.2) is 91.7 Å². The summed E-state index contributed by atoms with van der Waals surface area (Å²) in [4.78, 5) is 33.5. The number of fused-ring (bicyclic) bond motifs is 9. The molecule has 0 spiro atoms. The molecule has 16 rings (SSSR count). The highest BCUT2D eigenvalue weighted by molar-refractivity contribution is 9.10. The number of aliphatic hydroxyl groups is 1. The molecule has 0 saturated carbocycles. The Hall–Kier alpha value is -10.4. The first-order valence-corrected chi connectivity index (χ1v) is 38.7. The van der Waals surface area contributed by atoms with Gasteiger partial charge in [0.05, 0.1) is 17.1 Å². The summed E-state index contributed by atoms with van der Waals surface area (Å²) in [5, 5.41) is 19.2. The van der Waals surface area contributed by atoms with E-state index in [1.165, 1.54) is 98.3 Å². The summed E-state index contributed by atoms with van der Waals surface area (Å²) in [7, 11) is 4.41. The number of benzene rings is 10. The molecule has 0 aliphatic heterocycles. The van der Waals surface area contributed by atoms with E-state index in [4.69, 9.17) is 25.0 Å². The lowest BCUT2D eigenvalue weighted by atomic mass is 9.78. The van der Waals surface area contributed by atoms with E-state index >= 15 is 0 Å². The number of likely N-dealkylation sites (N-methyl/N-ethyl adjacent to an activating group) is 2. The van der Waals surface area contributed by atoms with E-state index in [2.05, 4.69) is 277 Å². The predicted octanol–water partition coefficient (Wildman–Crippen LogP) is 20.9. The van der Waals surface area contributed by atoms with Gasteiger partial charge in [0.1, 0.15) is 5.82 Å². The molecule has 0 unspecified atom stereocenters. The summed E-state index contributed by atoms with van der Waals surface area (Å²) in [6.07, 6.45) is 14.7. The van der Waals surface area contributed by atoms with Gasteiger partial charge in [-0.1, -0.05) is 221 Å². The van der Waals surface area contributed by atoms with Gasteiger partial charge in [-0.3, -0.25) is 0 Å². The normalized spacial score (nSPS) is 14.3. The molecule has 15 heteroatoms. The number of nitrogens with one attached hydrogen (secondary N) is 3. The molecule has 538 valence electrons. The Morgan fingerprint density at radius 2 is 0.701 bits per heavy atom. The number of aromatic nitrogens is 6. The smallest absolute Gasteiger partial charge is 0.227 e. The molecule has 13 aromatic rings. The zero-order valence-electron chi connectivity index (χ0n) is 60.7. The zero-order valence-corrected chi connectivity index (χ0v) is 63.9. The zero-order chi connectivity index (χ0) is 73.4. The Labute approximate surface area is 645 Å². The lowest BCUT2D eigenvalue weighted by Gasteiger charge is -2.27. The second-order valence-electron chi connectivity index (χ2n) is 28.0. The third kappa shape index (κ3) is 18.7. The Morgan fingerprint density at radius 3 is 1.06 bits per heavy atom. The van der Waals surface area contributed by atoms with Crippen molar-refractivity contribution < 1.29 is 9.50 Å². The summed E-state index contributed by atoms with van der Waals surface area (Å²) in [6.45, 7) is 6.73. The highest BCUT2D eigenvalue weighted by atomic mass is 79.9. The Kier molecular flexibility index (Phi) is 24.3.